The van der Waals surface area contributed by atoms with E-state index in [1.54, 1.807) is 80.9 Å². The molecule has 12 fully saturated rings. The number of likely N-dealkylation sites (N-methyl/N-ethyl adjacent to an activating group) is 4. The average Bonchev–Trinajstić information content (AvgIpc) is 1.59. The molecule has 638 valence electrons. The molecular weight excluding hydrogens is 1500 g/mol. The maximum Gasteiger partial charge on any atom is 0.410 e. The van der Waals surface area contributed by atoms with E-state index in [1.807, 2.05) is 154 Å². The van der Waals surface area contributed by atoms with E-state index in [2.05, 4.69) is 21.3 Å². The Hall–Kier alpha value is -6.17. The van der Waals surface area contributed by atoms with Gasteiger partial charge in [0.05, 0.1) is 87.3 Å². The zero-order valence-corrected chi connectivity index (χ0v) is 68.7. The molecule has 0 unspecified atom stereocenters. The molecule has 0 radical (unpaired) electrons. The fraction of sp³-hybridized carbons (Fsp3) is 0.651. The minimum Gasteiger partial charge on any atom is -0.445 e. The number of likely N-dealkylation sites (tertiary alicyclic amines) is 6. The lowest BCUT2D eigenvalue weighted by molar-refractivity contribution is -0.225. The van der Waals surface area contributed by atoms with Gasteiger partial charge in [0, 0.05) is 110 Å². The number of aliphatic hydroxyl groups is 3. The standard InChI is InChI=1S/C23H27NO6.C21H23NO5.C10H19NO4.C10H17NO4.C10H17NO3.C9H17NO4/c1-26-23(27-2)16-30-20-19(28-14-17-9-5-3-6-10-17)13-24(21(20)23)22(25)29-15-18-11-7-4-8-12-18;23-17-14-26-20-18(25-12-15-7-3-1-4-8-15)11-22(19(17)20)21(24)27-13-16-9-5-2-6-10-16;2*1-11-4-7(5-12)8-9(11)10(13-2,14-3)6-15-8;1-7-5-11(2)9-8(7)14-6-10(9,12-3)13-4;1-10-4-6(11)7-8(10)9(12-2,13-3)5-14-7/h3-12,19-21H,13-16H2,1-2H3;1-10,17-20,23H,11-14H2;7-9,12H,4-6H2,1-3H3;5,7-9H,4,6H2,1-3H3;8-9H,1,5-6H2,2-4H3;6-8,11H,4-5H2,1-3H3/t19-,20-,21+;17-,18+,19+,20+;2*7-,8+,9-;8-,9+;6-,7-,8+/m100011/s1. The Morgan fingerprint density at radius 3 is 1.27 bits per heavy atom. The predicted molar refractivity (Wildman–Crippen MR) is 413 cm³/mol. The Kier molecular flexibility index (Phi) is 31.4. The number of β-amino-alcohol motifs (C(OH)–C–C–N with tert-alkyl or cyclic N) is 1. The maximum atomic E-state index is 13.0. The van der Waals surface area contributed by atoms with Crippen molar-refractivity contribution in [3.05, 3.63) is 156 Å². The van der Waals surface area contributed by atoms with E-state index in [-0.39, 0.29) is 118 Å². The maximum absolute atomic E-state index is 13.0. The first-order chi connectivity index (χ1) is 55.5. The van der Waals surface area contributed by atoms with Gasteiger partial charge >= 0.3 is 12.2 Å². The summed E-state index contributed by atoms with van der Waals surface area (Å²) in [4.78, 5) is 48.1. The Morgan fingerprint density at radius 1 is 0.426 bits per heavy atom. The largest absolute Gasteiger partial charge is 0.445 e. The summed E-state index contributed by atoms with van der Waals surface area (Å²) in [5.41, 5.74) is 5.06. The molecule has 0 aliphatic carbocycles. The van der Waals surface area contributed by atoms with Gasteiger partial charge in [-0.15, -0.1) is 0 Å². The molecule has 12 saturated heterocycles. The van der Waals surface area contributed by atoms with Gasteiger partial charge in [-0.2, -0.15) is 0 Å². The summed E-state index contributed by atoms with van der Waals surface area (Å²) in [7, 11) is 24.1. The van der Waals surface area contributed by atoms with Crippen LogP contribution in [-0.2, 0) is 126 Å². The van der Waals surface area contributed by atoms with Crippen molar-refractivity contribution in [3.8, 4) is 0 Å². The fourth-order valence-corrected chi connectivity index (χ4v) is 18.3. The highest BCUT2D eigenvalue weighted by molar-refractivity contribution is 5.70. The van der Waals surface area contributed by atoms with Crippen LogP contribution in [0, 0.1) is 11.8 Å². The van der Waals surface area contributed by atoms with Crippen LogP contribution in [0.15, 0.2) is 133 Å². The van der Waals surface area contributed by atoms with E-state index in [0.717, 1.165) is 47.2 Å². The normalized spacial score (nSPS) is 32.5. The lowest BCUT2D eigenvalue weighted by Crippen LogP contribution is -2.55. The summed E-state index contributed by atoms with van der Waals surface area (Å²) in [6, 6.07) is 38.1. The van der Waals surface area contributed by atoms with E-state index in [4.69, 9.17) is 94.7 Å². The molecule has 32 heteroatoms. The molecule has 12 aliphatic heterocycles. The third-order valence-corrected chi connectivity index (χ3v) is 24.4. The molecule has 2 amide bonds. The fourth-order valence-electron chi connectivity index (χ4n) is 18.3. The van der Waals surface area contributed by atoms with Crippen LogP contribution in [0.4, 0.5) is 9.59 Å². The molecule has 0 aromatic heterocycles. The monoisotopic (exact) mass is 1620 g/mol. The Morgan fingerprint density at radius 2 is 0.800 bits per heavy atom. The van der Waals surface area contributed by atoms with Crippen LogP contribution in [0.25, 0.3) is 0 Å². The Labute approximate surface area is 674 Å². The number of fused-ring (bicyclic) bond motifs is 6. The number of aliphatic hydroxyl groups excluding tert-OH is 3. The molecule has 16 rings (SSSR count). The molecular formula is C83H120N6O26. The SMILES string of the molecule is C=C1CN(C)[C@H]2[C@@H]1OCC2(OC)OC.COC1(OC)CO[C@@H]2[C@H](C=O)CN(C)[C@@H]21.COC1(OC)CO[C@@H]2[C@H](CO)CN(C)[C@@H]21.COC1(OC)CO[C@@H]2[C@H](O)CN(C)[C@@H]21.COC1(OC)CO[C@H]2[C@@H]1N(C(=O)OCc1ccccc1)C[C@H]2OCc1ccccc1.O=C(OCc1ccccc1)N1C[C@@H](OCc2ccccc2)[C@H]2OC[C@H](O)[C@H]21. The Balaban J connectivity index is 0.000000140. The quantitative estimate of drug-likeness (QED) is 0.0576. The average molecular weight is 1620 g/mol. The Bertz CT molecular complexity index is 3660. The molecule has 18 atom stereocenters. The number of aldehydes is 1. The first-order valence-electron chi connectivity index (χ1n) is 38.9. The van der Waals surface area contributed by atoms with Gasteiger partial charge in [0.1, 0.15) is 101 Å². The highest BCUT2D eigenvalue weighted by Gasteiger charge is 2.65. The second kappa shape index (κ2) is 40.3. The van der Waals surface area contributed by atoms with E-state index in [0.29, 0.717) is 65.8 Å². The van der Waals surface area contributed by atoms with E-state index < -0.39 is 65.4 Å². The lowest BCUT2D eigenvalue weighted by atomic mass is 10.00. The van der Waals surface area contributed by atoms with Crippen LogP contribution in [-0.4, -0.2) is 374 Å². The van der Waals surface area contributed by atoms with Crippen molar-refractivity contribution >= 4 is 18.5 Å². The summed E-state index contributed by atoms with van der Waals surface area (Å²) in [6.45, 7) is 11.1. The number of hydrogen-bond acceptors (Lipinski definition) is 30. The third-order valence-electron chi connectivity index (χ3n) is 24.4. The number of rotatable bonds is 22. The first-order valence-corrected chi connectivity index (χ1v) is 38.9. The second-order valence-corrected chi connectivity index (χ2v) is 30.8. The molecule has 4 aromatic carbocycles. The van der Waals surface area contributed by atoms with Gasteiger partial charge in [-0.05, 0) is 56.0 Å². The van der Waals surface area contributed by atoms with E-state index in [1.165, 1.54) is 0 Å². The van der Waals surface area contributed by atoms with Crippen LogP contribution in [0.2, 0.25) is 0 Å². The number of ether oxygens (including phenoxy) is 20. The molecule has 12 heterocycles. The van der Waals surface area contributed by atoms with Crippen molar-refractivity contribution in [1.29, 1.82) is 0 Å². The van der Waals surface area contributed by atoms with Crippen molar-refractivity contribution < 1.29 is 124 Å². The summed E-state index contributed by atoms with van der Waals surface area (Å²) >= 11 is 0. The smallest absolute Gasteiger partial charge is 0.410 e. The van der Waals surface area contributed by atoms with Gasteiger partial charge < -0.3 is 115 Å². The molecule has 0 bridgehead atoms. The molecule has 0 saturated carbocycles. The molecule has 115 heavy (non-hydrogen) atoms. The van der Waals surface area contributed by atoms with Crippen LogP contribution >= 0.6 is 0 Å². The molecule has 0 spiro atoms. The highest BCUT2D eigenvalue weighted by atomic mass is 16.8. The van der Waals surface area contributed by atoms with Crippen LogP contribution in [0.5, 0.6) is 0 Å². The topological polar surface area (TPSA) is 316 Å². The number of benzene rings is 4. The minimum absolute atomic E-state index is 0.00250. The molecule has 12 aliphatic rings. The first kappa shape index (κ1) is 89.6. The van der Waals surface area contributed by atoms with Crippen molar-refractivity contribution in [3.63, 3.8) is 0 Å². The zero-order valence-electron chi connectivity index (χ0n) is 68.7. The van der Waals surface area contributed by atoms with Gasteiger partial charge in [-0.1, -0.05) is 128 Å². The predicted octanol–water partition coefficient (Wildman–Crippen LogP) is 3.43. The number of methoxy groups -OCH3 is 10. The van der Waals surface area contributed by atoms with Crippen LogP contribution in [0.3, 0.4) is 0 Å². The van der Waals surface area contributed by atoms with Gasteiger partial charge in [-0.3, -0.25) is 29.4 Å². The van der Waals surface area contributed by atoms with E-state index >= 15 is 0 Å². The minimum atomic E-state index is -1.05. The van der Waals surface area contributed by atoms with Gasteiger partial charge in [0.15, 0.2) is 0 Å². The van der Waals surface area contributed by atoms with Crippen LogP contribution < -0.4 is 0 Å². The third kappa shape index (κ3) is 18.9. The number of hydrogen-bond donors (Lipinski definition) is 3. The highest BCUT2D eigenvalue weighted by Crippen LogP contribution is 2.45. The lowest BCUT2D eigenvalue weighted by Gasteiger charge is -2.35. The number of carbonyl (C=O) groups is 3. The summed E-state index contributed by atoms with van der Waals surface area (Å²) in [5.74, 6) is -3.73. The van der Waals surface area contributed by atoms with Gasteiger partial charge in [0.2, 0.25) is 28.9 Å². The van der Waals surface area contributed by atoms with Gasteiger partial charge in [0.25, 0.3) is 0 Å². The van der Waals surface area contributed by atoms with Crippen molar-refractivity contribution in [2.24, 2.45) is 11.8 Å². The molecule has 32 nitrogen and oxygen atoms in total. The van der Waals surface area contributed by atoms with Crippen molar-refractivity contribution in [2.45, 2.75) is 153 Å². The summed E-state index contributed by atoms with van der Waals surface area (Å²) < 4.78 is 112. The van der Waals surface area contributed by atoms with Crippen LogP contribution in [0.1, 0.15) is 22.3 Å². The summed E-state index contributed by atoms with van der Waals surface area (Å²) in [5, 5.41) is 29.3. The number of carbonyl (C=O) groups excluding carboxylic acids is 3. The van der Waals surface area contributed by atoms with Crippen molar-refractivity contribution in [1.82, 2.24) is 29.4 Å². The zero-order chi connectivity index (χ0) is 82.4. The number of nitrogens with zero attached hydrogens (tertiary/aromatic N) is 6. The molecule has 3 N–H and O–H groups in total. The molecule has 4 aromatic rings. The number of amides is 2. The van der Waals surface area contributed by atoms with Gasteiger partial charge in [-0.25, -0.2) is 9.59 Å². The summed E-state index contributed by atoms with van der Waals surface area (Å²) in [6.07, 6.45) is -2.65. The second-order valence-electron chi connectivity index (χ2n) is 30.8. The van der Waals surface area contributed by atoms with E-state index in [9.17, 15) is 29.7 Å². The van der Waals surface area contributed by atoms with Crippen molar-refractivity contribution in [2.75, 3.05) is 185 Å².